The molecule has 1 aliphatic rings. The van der Waals surface area contributed by atoms with Gasteiger partial charge in [0.15, 0.2) is 0 Å². The first-order valence-corrected chi connectivity index (χ1v) is 9.29. The summed E-state index contributed by atoms with van der Waals surface area (Å²) in [4.78, 5) is 37.4. The second-order valence-electron chi connectivity index (χ2n) is 7.24. The molecule has 8 heteroatoms. The fourth-order valence-electron chi connectivity index (χ4n) is 3.80. The third-order valence-corrected chi connectivity index (χ3v) is 5.20. The van der Waals surface area contributed by atoms with Gasteiger partial charge in [0.05, 0.1) is 11.6 Å². The molecule has 1 aliphatic heterocycles. The maximum absolute atomic E-state index is 13.0. The van der Waals surface area contributed by atoms with E-state index in [1.165, 1.54) is 0 Å². The smallest absolute Gasteiger partial charge is 0.253 e. The summed E-state index contributed by atoms with van der Waals surface area (Å²) in [5.74, 6) is -1.24. The molecular formula is C20H25N5O3. The van der Waals surface area contributed by atoms with Crippen LogP contribution in [0, 0.1) is 19.8 Å². The Balaban J connectivity index is 1.89. The van der Waals surface area contributed by atoms with Crippen LogP contribution in [0.4, 0.5) is 0 Å². The number of aryl methyl sites for hydroxylation is 1. The predicted molar refractivity (Wildman–Crippen MR) is 104 cm³/mol. The molecule has 28 heavy (non-hydrogen) atoms. The van der Waals surface area contributed by atoms with E-state index in [4.69, 9.17) is 11.5 Å². The number of aromatic nitrogens is 2. The van der Waals surface area contributed by atoms with Gasteiger partial charge in [-0.1, -0.05) is 12.1 Å². The van der Waals surface area contributed by atoms with Crippen molar-refractivity contribution in [2.45, 2.75) is 33.2 Å². The summed E-state index contributed by atoms with van der Waals surface area (Å²) >= 11 is 0. The van der Waals surface area contributed by atoms with E-state index in [9.17, 15) is 14.4 Å². The Morgan fingerprint density at radius 2 is 1.96 bits per heavy atom. The molecule has 0 aliphatic carbocycles. The molecule has 0 unspecified atom stereocenters. The first-order valence-electron chi connectivity index (χ1n) is 9.29. The Bertz CT molecular complexity index is 934. The van der Waals surface area contributed by atoms with E-state index >= 15 is 0 Å². The summed E-state index contributed by atoms with van der Waals surface area (Å²) in [7, 11) is 0. The summed E-state index contributed by atoms with van der Waals surface area (Å²) in [6.45, 7) is 4.70. The number of carbonyl (C=O) groups excluding carboxylic acids is 3. The van der Waals surface area contributed by atoms with Crippen LogP contribution in [0.3, 0.4) is 0 Å². The van der Waals surface area contributed by atoms with Crippen LogP contribution in [0.15, 0.2) is 24.3 Å². The lowest BCUT2D eigenvalue weighted by molar-refractivity contribution is -0.123. The third-order valence-electron chi connectivity index (χ3n) is 5.20. The van der Waals surface area contributed by atoms with Crippen molar-refractivity contribution in [3.8, 4) is 11.1 Å². The van der Waals surface area contributed by atoms with Gasteiger partial charge >= 0.3 is 0 Å². The summed E-state index contributed by atoms with van der Waals surface area (Å²) in [6, 6.07) is 7.31. The Kier molecular flexibility index (Phi) is 5.48. The largest absolute Gasteiger partial charge is 0.369 e. The lowest BCUT2D eigenvalue weighted by atomic mass is 9.96. The number of nitrogens with zero attached hydrogens (tertiary/aromatic N) is 3. The molecule has 0 spiro atoms. The van der Waals surface area contributed by atoms with E-state index in [1.54, 1.807) is 15.6 Å². The van der Waals surface area contributed by atoms with Crippen LogP contribution in [-0.2, 0) is 16.1 Å². The third kappa shape index (κ3) is 3.90. The Hall–Kier alpha value is -3.16. The number of rotatable bonds is 5. The van der Waals surface area contributed by atoms with Crippen LogP contribution in [-0.4, -0.2) is 45.5 Å². The molecule has 2 heterocycles. The highest BCUT2D eigenvalue weighted by atomic mass is 16.2. The number of amides is 3. The van der Waals surface area contributed by atoms with Gasteiger partial charge in [-0.3, -0.25) is 19.1 Å². The van der Waals surface area contributed by atoms with E-state index in [0.29, 0.717) is 18.7 Å². The summed E-state index contributed by atoms with van der Waals surface area (Å²) in [5.41, 5.74) is 14.6. The lowest BCUT2D eigenvalue weighted by Crippen LogP contribution is -2.44. The SMILES string of the molecule is Cc1nn(CC(N)=O)c(C)c1-c1cccc(C(=O)N2CCC[C@@H](C(N)=O)C2)c1. The van der Waals surface area contributed by atoms with Gasteiger partial charge in [0.2, 0.25) is 11.8 Å². The molecule has 1 aromatic carbocycles. The Labute approximate surface area is 163 Å². The fourth-order valence-corrected chi connectivity index (χ4v) is 3.80. The molecule has 1 saturated heterocycles. The van der Waals surface area contributed by atoms with Gasteiger partial charge in [0.1, 0.15) is 6.54 Å². The molecule has 3 rings (SSSR count). The molecule has 3 amide bonds. The monoisotopic (exact) mass is 383 g/mol. The zero-order valence-electron chi connectivity index (χ0n) is 16.1. The molecule has 1 fully saturated rings. The second kappa shape index (κ2) is 7.84. The van der Waals surface area contributed by atoms with Crippen LogP contribution in [0.2, 0.25) is 0 Å². The van der Waals surface area contributed by atoms with Gasteiger partial charge in [-0.05, 0) is 44.4 Å². The highest BCUT2D eigenvalue weighted by Crippen LogP contribution is 2.28. The Morgan fingerprint density at radius 1 is 1.21 bits per heavy atom. The summed E-state index contributed by atoms with van der Waals surface area (Å²) in [6.07, 6.45) is 1.48. The van der Waals surface area contributed by atoms with Gasteiger partial charge in [0, 0.05) is 29.9 Å². The van der Waals surface area contributed by atoms with Crippen molar-refractivity contribution < 1.29 is 14.4 Å². The van der Waals surface area contributed by atoms with Crippen molar-refractivity contribution in [3.05, 3.63) is 41.2 Å². The molecule has 148 valence electrons. The topological polar surface area (TPSA) is 124 Å². The average molecular weight is 383 g/mol. The fraction of sp³-hybridized carbons (Fsp3) is 0.400. The van der Waals surface area contributed by atoms with Crippen molar-refractivity contribution >= 4 is 17.7 Å². The van der Waals surface area contributed by atoms with Crippen molar-refractivity contribution in [1.82, 2.24) is 14.7 Å². The predicted octanol–water partition coefficient (Wildman–Crippen LogP) is 0.990. The quantitative estimate of drug-likeness (QED) is 0.799. The van der Waals surface area contributed by atoms with Crippen molar-refractivity contribution in [1.29, 1.82) is 0 Å². The number of primary amides is 2. The number of likely N-dealkylation sites (tertiary alicyclic amines) is 1. The second-order valence-corrected chi connectivity index (χ2v) is 7.24. The van der Waals surface area contributed by atoms with Gasteiger partial charge in [-0.25, -0.2) is 0 Å². The van der Waals surface area contributed by atoms with Crippen molar-refractivity contribution in [3.63, 3.8) is 0 Å². The maximum atomic E-state index is 13.0. The maximum Gasteiger partial charge on any atom is 0.253 e. The first kappa shape index (κ1) is 19.6. The molecule has 0 radical (unpaired) electrons. The van der Waals surface area contributed by atoms with Gasteiger partial charge in [-0.15, -0.1) is 0 Å². The normalized spacial score (nSPS) is 16.8. The molecule has 0 saturated carbocycles. The van der Waals surface area contributed by atoms with E-state index < -0.39 is 5.91 Å². The lowest BCUT2D eigenvalue weighted by Gasteiger charge is -2.31. The number of carbonyl (C=O) groups is 3. The zero-order chi connectivity index (χ0) is 20.4. The molecule has 2 aromatic rings. The highest BCUT2D eigenvalue weighted by Gasteiger charge is 2.28. The minimum atomic E-state index is -0.463. The van der Waals surface area contributed by atoms with E-state index in [-0.39, 0.29) is 24.3 Å². The first-order chi connectivity index (χ1) is 13.3. The van der Waals surface area contributed by atoms with Crippen LogP contribution in [0.5, 0.6) is 0 Å². The molecule has 8 nitrogen and oxygen atoms in total. The van der Waals surface area contributed by atoms with Gasteiger partial charge in [0.25, 0.3) is 5.91 Å². The Morgan fingerprint density at radius 3 is 2.64 bits per heavy atom. The van der Waals surface area contributed by atoms with Crippen LogP contribution in [0.1, 0.15) is 34.6 Å². The number of hydrogen-bond donors (Lipinski definition) is 2. The molecular weight excluding hydrogens is 358 g/mol. The molecule has 1 atom stereocenters. The minimum Gasteiger partial charge on any atom is -0.369 e. The van der Waals surface area contributed by atoms with Crippen molar-refractivity contribution in [2.75, 3.05) is 13.1 Å². The number of piperidine rings is 1. The van der Waals surface area contributed by atoms with E-state index in [1.807, 2.05) is 32.0 Å². The summed E-state index contributed by atoms with van der Waals surface area (Å²) < 4.78 is 1.57. The van der Waals surface area contributed by atoms with E-state index in [2.05, 4.69) is 5.10 Å². The van der Waals surface area contributed by atoms with E-state index in [0.717, 1.165) is 35.4 Å². The molecule has 0 bridgehead atoms. The highest BCUT2D eigenvalue weighted by molar-refractivity contribution is 5.96. The van der Waals surface area contributed by atoms with Crippen molar-refractivity contribution in [2.24, 2.45) is 17.4 Å². The minimum absolute atomic E-state index is 0.00752. The van der Waals surface area contributed by atoms with Crippen LogP contribution >= 0.6 is 0 Å². The molecule has 1 aromatic heterocycles. The number of hydrogen-bond acceptors (Lipinski definition) is 4. The van der Waals surface area contributed by atoms with Crippen LogP contribution < -0.4 is 11.5 Å². The standard InChI is InChI=1S/C20H25N5O3/c1-12-18(13(2)25(23-12)11-17(21)26)14-5-3-6-15(9-14)20(28)24-8-4-7-16(10-24)19(22)27/h3,5-6,9,16H,4,7-8,10-11H2,1-2H3,(H2,21,26)(H2,22,27)/t16-/m1/s1. The van der Waals surface area contributed by atoms with Gasteiger partial charge in [-0.2, -0.15) is 5.10 Å². The molecule has 4 N–H and O–H groups in total. The average Bonchev–Trinajstić information content (AvgIpc) is 2.94. The van der Waals surface area contributed by atoms with Gasteiger partial charge < -0.3 is 16.4 Å². The number of nitrogens with two attached hydrogens (primary N) is 2. The zero-order valence-corrected chi connectivity index (χ0v) is 16.1. The summed E-state index contributed by atoms with van der Waals surface area (Å²) in [5, 5.41) is 4.39. The van der Waals surface area contributed by atoms with Crippen LogP contribution in [0.25, 0.3) is 11.1 Å². The number of benzene rings is 1.